The van der Waals surface area contributed by atoms with Crippen molar-refractivity contribution in [2.45, 2.75) is 33.1 Å². The van der Waals surface area contributed by atoms with Gasteiger partial charge in [-0.05, 0) is 78.0 Å². The number of fused-ring (bicyclic) bond motifs is 3. The highest BCUT2D eigenvalue weighted by Gasteiger charge is 2.28. The largest absolute Gasteiger partial charge is 0.325 e. The zero-order valence-corrected chi connectivity index (χ0v) is 15.9. The molecule has 3 aromatic rings. The maximum absolute atomic E-state index is 12.8. The summed E-state index contributed by atoms with van der Waals surface area (Å²) in [6, 6.07) is 10.1. The highest BCUT2D eigenvalue weighted by Crippen LogP contribution is 2.29. The first-order valence-electron chi connectivity index (χ1n) is 8.55. The third-order valence-electron chi connectivity index (χ3n) is 4.89. The Morgan fingerprint density at radius 3 is 2.84 bits per heavy atom. The van der Waals surface area contributed by atoms with Crippen molar-refractivity contribution in [3.8, 4) is 0 Å². The van der Waals surface area contributed by atoms with Crippen molar-refractivity contribution in [2.24, 2.45) is 5.92 Å². The second-order valence-corrected chi connectivity index (χ2v) is 7.70. The Morgan fingerprint density at radius 1 is 1.24 bits per heavy atom. The molecule has 0 radical (unpaired) electrons. The molecule has 1 amide bonds. The topological polar surface area (TPSA) is 46.4 Å². The first kappa shape index (κ1) is 16.3. The van der Waals surface area contributed by atoms with Crippen LogP contribution in [0.5, 0.6) is 0 Å². The van der Waals surface area contributed by atoms with E-state index in [9.17, 15) is 4.79 Å². The highest BCUT2D eigenvalue weighted by molar-refractivity contribution is 9.10. The van der Waals surface area contributed by atoms with Crippen molar-refractivity contribution >= 4 is 33.2 Å². The standard InChI is InChI=1S/C20H20BrN3O/c1-12-3-5-16(15(21)9-12)23-20(25)14-4-6-17-18(11-14)24-8-7-13(2)10-19(24)22-17/h3,5,7-10,14H,4,6,11H2,1-2H3,(H,23,25). The summed E-state index contributed by atoms with van der Waals surface area (Å²) in [5, 5.41) is 3.07. The van der Waals surface area contributed by atoms with Crippen LogP contribution in [0.2, 0.25) is 0 Å². The molecule has 4 nitrogen and oxygen atoms in total. The van der Waals surface area contributed by atoms with Gasteiger partial charge in [0.15, 0.2) is 0 Å². The van der Waals surface area contributed by atoms with Crippen LogP contribution in [0.15, 0.2) is 41.0 Å². The lowest BCUT2D eigenvalue weighted by molar-refractivity contribution is -0.120. The zero-order chi connectivity index (χ0) is 17.6. The van der Waals surface area contributed by atoms with E-state index in [1.165, 1.54) is 11.3 Å². The van der Waals surface area contributed by atoms with E-state index in [1.54, 1.807) is 0 Å². The molecular formula is C20H20BrN3O. The van der Waals surface area contributed by atoms with E-state index in [0.717, 1.165) is 46.3 Å². The van der Waals surface area contributed by atoms with Gasteiger partial charge < -0.3 is 9.72 Å². The van der Waals surface area contributed by atoms with Gasteiger partial charge in [0.25, 0.3) is 0 Å². The lowest BCUT2D eigenvalue weighted by atomic mass is 9.89. The van der Waals surface area contributed by atoms with Gasteiger partial charge in [0.2, 0.25) is 5.91 Å². The second kappa shape index (κ2) is 6.30. The molecular weight excluding hydrogens is 378 g/mol. The van der Waals surface area contributed by atoms with Crippen molar-refractivity contribution in [3.63, 3.8) is 0 Å². The zero-order valence-electron chi connectivity index (χ0n) is 14.3. The molecule has 1 aliphatic rings. The Bertz CT molecular complexity index is 976. The number of amides is 1. The number of nitrogens with zero attached hydrogens (tertiary/aromatic N) is 2. The Hall–Kier alpha value is -2.14. The van der Waals surface area contributed by atoms with Gasteiger partial charge in [0.1, 0.15) is 5.65 Å². The van der Waals surface area contributed by atoms with Crippen LogP contribution in [0.3, 0.4) is 0 Å². The van der Waals surface area contributed by atoms with Crippen LogP contribution in [0, 0.1) is 19.8 Å². The Kier molecular flexibility index (Phi) is 4.12. The molecule has 1 N–H and O–H groups in total. The molecule has 0 saturated heterocycles. The van der Waals surface area contributed by atoms with Crippen LogP contribution in [0.1, 0.15) is 28.9 Å². The fourth-order valence-corrected chi connectivity index (χ4v) is 4.08. The van der Waals surface area contributed by atoms with Crippen molar-refractivity contribution in [1.82, 2.24) is 9.38 Å². The first-order chi connectivity index (χ1) is 12.0. The molecule has 0 saturated carbocycles. The molecule has 0 spiro atoms. The second-order valence-electron chi connectivity index (χ2n) is 6.85. The molecule has 0 bridgehead atoms. The van der Waals surface area contributed by atoms with Crippen molar-refractivity contribution in [1.29, 1.82) is 0 Å². The first-order valence-corrected chi connectivity index (χ1v) is 9.34. The summed E-state index contributed by atoms with van der Waals surface area (Å²) >= 11 is 3.53. The molecule has 0 aliphatic heterocycles. The normalized spacial score (nSPS) is 16.7. The van der Waals surface area contributed by atoms with Crippen molar-refractivity contribution in [3.05, 3.63) is 63.5 Å². The van der Waals surface area contributed by atoms with Crippen molar-refractivity contribution in [2.75, 3.05) is 5.32 Å². The van der Waals surface area contributed by atoms with E-state index in [1.807, 2.05) is 25.1 Å². The molecule has 2 heterocycles. The van der Waals surface area contributed by atoms with E-state index >= 15 is 0 Å². The number of carbonyl (C=O) groups excluding carboxylic acids is 1. The highest BCUT2D eigenvalue weighted by atomic mass is 79.9. The molecule has 128 valence electrons. The quantitative estimate of drug-likeness (QED) is 0.693. The number of aryl methyl sites for hydroxylation is 3. The lowest BCUT2D eigenvalue weighted by Crippen LogP contribution is -2.28. The Balaban J connectivity index is 1.57. The van der Waals surface area contributed by atoms with E-state index in [4.69, 9.17) is 4.98 Å². The minimum atomic E-state index is -0.0260. The number of pyridine rings is 1. The number of imidazole rings is 1. The van der Waals surface area contributed by atoms with Crippen LogP contribution < -0.4 is 5.32 Å². The van der Waals surface area contributed by atoms with E-state index in [2.05, 4.69) is 50.9 Å². The third kappa shape index (κ3) is 3.09. The molecule has 4 rings (SSSR count). The van der Waals surface area contributed by atoms with E-state index in [0.29, 0.717) is 0 Å². The smallest absolute Gasteiger partial charge is 0.227 e. The summed E-state index contributed by atoms with van der Waals surface area (Å²) in [4.78, 5) is 17.5. The number of anilines is 1. The lowest BCUT2D eigenvalue weighted by Gasteiger charge is -2.21. The van der Waals surface area contributed by atoms with E-state index < -0.39 is 0 Å². The molecule has 1 unspecified atom stereocenters. The predicted molar refractivity (Wildman–Crippen MR) is 103 cm³/mol. The number of hydrogen-bond acceptors (Lipinski definition) is 2. The van der Waals surface area contributed by atoms with Gasteiger partial charge in [-0.15, -0.1) is 0 Å². The average Bonchev–Trinajstić information content (AvgIpc) is 2.93. The Labute approximate surface area is 155 Å². The van der Waals surface area contributed by atoms with Gasteiger partial charge in [-0.3, -0.25) is 4.79 Å². The summed E-state index contributed by atoms with van der Waals surface area (Å²) < 4.78 is 3.05. The van der Waals surface area contributed by atoms with Crippen LogP contribution >= 0.6 is 15.9 Å². The van der Waals surface area contributed by atoms with Crippen LogP contribution in [-0.2, 0) is 17.6 Å². The fourth-order valence-electron chi connectivity index (χ4n) is 3.49. The minimum absolute atomic E-state index is 0.0260. The monoisotopic (exact) mass is 397 g/mol. The number of nitrogens with one attached hydrogen (secondary N) is 1. The minimum Gasteiger partial charge on any atom is -0.325 e. The summed E-state index contributed by atoms with van der Waals surface area (Å²) in [6.07, 6.45) is 4.48. The van der Waals surface area contributed by atoms with Crippen molar-refractivity contribution < 1.29 is 4.79 Å². The maximum Gasteiger partial charge on any atom is 0.227 e. The molecule has 1 aliphatic carbocycles. The van der Waals surface area contributed by atoms with Gasteiger partial charge >= 0.3 is 0 Å². The molecule has 25 heavy (non-hydrogen) atoms. The molecule has 0 fully saturated rings. The van der Waals surface area contributed by atoms with Crippen LogP contribution in [0.25, 0.3) is 5.65 Å². The predicted octanol–water partition coefficient (Wildman–Crippen LogP) is 4.46. The number of benzene rings is 1. The molecule has 2 aromatic heterocycles. The SMILES string of the molecule is Cc1ccc(NC(=O)C2CCc3nc4cc(C)ccn4c3C2)c(Br)c1. The van der Waals surface area contributed by atoms with Gasteiger partial charge in [-0.25, -0.2) is 4.98 Å². The van der Waals surface area contributed by atoms with Gasteiger partial charge in [-0.2, -0.15) is 0 Å². The summed E-state index contributed by atoms with van der Waals surface area (Å²) in [7, 11) is 0. The number of aromatic nitrogens is 2. The fraction of sp³-hybridized carbons (Fsp3) is 0.300. The summed E-state index contributed by atoms with van der Waals surface area (Å²) in [5.74, 6) is 0.0548. The summed E-state index contributed by atoms with van der Waals surface area (Å²) in [6.45, 7) is 4.11. The number of halogens is 1. The molecule has 1 aromatic carbocycles. The van der Waals surface area contributed by atoms with Gasteiger partial charge in [0.05, 0.1) is 11.4 Å². The van der Waals surface area contributed by atoms with Crippen LogP contribution in [-0.4, -0.2) is 15.3 Å². The average molecular weight is 398 g/mol. The number of hydrogen-bond donors (Lipinski definition) is 1. The maximum atomic E-state index is 12.8. The van der Waals surface area contributed by atoms with Gasteiger partial charge in [-0.1, -0.05) is 6.07 Å². The third-order valence-corrected chi connectivity index (χ3v) is 5.54. The molecule has 1 atom stereocenters. The number of rotatable bonds is 2. The summed E-state index contributed by atoms with van der Waals surface area (Å²) in [5.41, 5.74) is 6.47. The Morgan fingerprint density at radius 2 is 2.04 bits per heavy atom. The number of carbonyl (C=O) groups is 1. The molecule has 5 heteroatoms. The van der Waals surface area contributed by atoms with Gasteiger partial charge in [0, 0.05) is 28.7 Å². The van der Waals surface area contributed by atoms with E-state index in [-0.39, 0.29) is 11.8 Å². The van der Waals surface area contributed by atoms with Crippen LogP contribution in [0.4, 0.5) is 5.69 Å².